The van der Waals surface area contributed by atoms with Crippen molar-refractivity contribution in [3.05, 3.63) is 17.3 Å². The molecule has 0 unspecified atom stereocenters. The molecule has 0 radical (unpaired) electrons. The Morgan fingerprint density at radius 2 is 2.06 bits per heavy atom. The first kappa shape index (κ1) is 12.4. The number of hydrogen-bond acceptors (Lipinski definition) is 6. The average Bonchev–Trinajstić information content (AvgIpc) is 2.85. The van der Waals surface area contributed by atoms with Gasteiger partial charge >= 0.3 is 0 Å². The number of hydrogen-bond donors (Lipinski definition) is 0. The normalized spacial score (nSPS) is 10.7. The van der Waals surface area contributed by atoms with E-state index >= 15 is 0 Å². The molecule has 0 amide bonds. The number of ether oxygens (including phenoxy) is 1. The van der Waals surface area contributed by atoms with Crippen LogP contribution >= 0.6 is 0 Å². The van der Waals surface area contributed by atoms with Gasteiger partial charge in [-0.25, -0.2) is 0 Å². The Hall–Kier alpha value is -2.05. The predicted octanol–water partition coefficient (Wildman–Crippen LogP) is 1.06. The van der Waals surface area contributed by atoms with Crippen LogP contribution in [0.5, 0.6) is 5.75 Å². The molecule has 2 heterocycles. The second-order valence-corrected chi connectivity index (χ2v) is 4.29. The number of rotatable bonds is 4. The minimum atomic E-state index is 0.244. The molecule has 7 heteroatoms. The summed E-state index contributed by atoms with van der Waals surface area (Å²) >= 11 is 0. The predicted molar refractivity (Wildman–Crippen MR) is 65.6 cm³/mol. The summed E-state index contributed by atoms with van der Waals surface area (Å²) in [5.74, 6) is 1.75. The van der Waals surface area contributed by atoms with E-state index in [9.17, 15) is 0 Å². The summed E-state index contributed by atoms with van der Waals surface area (Å²) in [5.41, 5.74) is 1.82. The summed E-state index contributed by atoms with van der Waals surface area (Å²) in [6, 6.07) is 0. The second kappa shape index (κ2) is 4.67. The third kappa shape index (κ3) is 2.29. The van der Waals surface area contributed by atoms with Crippen molar-refractivity contribution in [2.45, 2.75) is 20.5 Å². The van der Waals surface area contributed by atoms with Crippen molar-refractivity contribution < 1.29 is 9.26 Å². The van der Waals surface area contributed by atoms with E-state index in [1.165, 1.54) is 0 Å². The Morgan fingerprint density at radius 1 is 1.33 bits per heavy atom. The fraction of sp³-hybridized carbons (Fsp3) is 0.545. The molecule has 2 rings (SSSR count). The Bertz CT molecular complexity index is 544. The van der Waals surface area contributed by atoms with Gasteiger partial charge in [0.15, 0.2) is 12.4 Å². The highest BCUT2D eigenvalue weighted by Gasteiger charge is 2.13. The van der Waals surface area contributed by atoms with Gasteiger partial charge in [-0.1, -0.05) is 0 Å². The molecule has 0 saturated heterocycles. The molecule has 0 bridgehead atoms. The van der Waals surface area contributed by atoms with Gasteiger partial charge in [0.25, 0.3) is 11.8 Å². The number of aryl methyl sites for hydroxylation is 2. The Kier molecular flexibility index (Phi) is 3.22. The first-order valence-corrected chi connectivity index (χ1v) is 5.62. The van der Waals surface area contributed by atoms with E-state index in [1.54, 1.807) is 9.58 Å². The summed E-state index contributed by atoms with van der Waals surface area (Å²) in [6.07, 6.45) is 0. The largest absolute Gasteiger partial charge is 0.480 e. The Morgan fingerprint density at radius 3 is 2.56 bits per heavy atom. The molecule has 0 atom stereocenters. The van der Waals surface area contributed by atoms with Crippen molar-refractivity contribution in [3.8, 4) is 5.75 Å². The third-order valence-corrected chi connectivity index (χ3v) is 2.64. The van der Waals surface area contributed by atoms with Crippen molar-refractivity contribution in [1.29, 1.82) is 0 Å². The molecule has 0 aliphatic rings. The maximum Gasteiger partial charge on any atom is 0.266 e. The average molecular weight is 251 g/mol. The van der Waals surface area contributed by atoms with Crippen LogP contribution in [-0.4, -0.2) is 34.0 Å². The third-order valence-electron chi connectivity index (χ3n) is 2.64. The maximum absolute atomic E-state index is 5.67. The highest BCUT2D eigenvalue weighted by Crippen LogP contribution is 2.22. The van der Waals surface area contributed by atoms with Crippen molar-refractivity contribution >= 4 is 5.95 Å². The Balaban J connectivity index is 2.06. The van der Waals surface area contributed by atoms with Gasteiger partial charge in [-0.3, -0.25) is 4.68 Å². The van der Waals surface area contributed by atoms with Gasteiger partial charge in [0.05, 0.1) is 5.69 Å². The van der Waals surface area contributed by atoms with E-state index in [0.29, 0.717) is 11.8 Å². The zero-order chi connectivity index (χ0) is 13.3. The SMILES string of the molecule is Cc1nn(C)c(C)c1OCc1nc(N(C)C)no1. The molecule has 0 fully saturated rings. The second-order valence-electron chi connectivity index (χ2n) is 4.29. The van der Waals surface area contributed by atoms with Gasteiger partial charge in [-0.2, -0.15) is 10.1 Å². The molecule has 0 aliphatic heterocycles. The number of aromatic nitrogens is 4. The van der Waals surface area contributed by atoms with E-state index in [2.05, 4.69) is 15.2 Å². The highest BCUT2D eigenvalue weighted by atomic mass is 16.5. The van der Waals surface area contributed by atoms with Crippen LogP contribution in [0.4, 0.5) is 5.95 Å². The van der Waals surface area contributed by atoms with Crippen molar-refractivity contribution in [2.24, 2.45) is 7.05 Å². The lowest BCUT2D eigenvalue weighted by Gasteiger charge is -2.03. The molecule has 98 valence electrons. The zero-order valence-electron chi connectivity index (χ0n) is 11.3. The van der Waals surface area contributed by atoms with Crippen LogP contribution in [0, 0.1) is 13.8 Å². The van der Waals surface area contributed by atoms with Crippen LogP contribution in [0.15, 0.2) is 4.52 Å². The molecular weight excluding hydrogens is 234 g/mol. The Labute approximate surface area is 105 Å². The first-order chi connectivity index (χ1) is 8.49. The molecule has 2 aromatic heterocycles. The van der Waals surface area contributed by atoms with Crippen LogP contribution in [0.3, 0.4) is 0 Å². The first-order valence-electron chi connectivity index (χ1n) is 5.62. The summed E-state index contributed by atoms with van der Waals surface area (Å²) in [6.45, 7) is 4.10. The minimum absolute atomic E-state index is 0.244. The van der Waals surface area contributed by atoms with Gasteiger partial charge in [0.2, 0.25) is 0 Å². The standard InChI is InChI=1S/C11H17N5O2/c1-7-10(8(2)16(5)13-7)17-6-9-12-11(14-18-9)15(3)4/h6H2,1-5H3. The maximum atomic E-state index is 5.67. The fourth-order valence-electron chi connectivity index (χ4n) is 1.58. The lowest BCUT2D eigenvalue weighted by atomic mass is 10.3. The molecule has 18 heavy (non-hydrogen) atoms. The van der Waals surface area contributed by atoms with Crippen molar-refractivity contribution in [1.82, 2.24) is 19.9 Å². The number of nitrogens with zero attached hydrogens (tertiary/aromatic N) is 5. The van der Waals surface area contributed by atoms with Gasteiger partial charge < -0.3 is 14.2 Å². The van der Waals surface area contributed by atoms with Crippen molar-refractivity contribution in [2.75, 3.05) is 19.0 Å². The monoisotopic (exact) mass is 251 g/mol. The summed E-state index contributed by atoms with van der Waals surface area (Å²) in [4.78, 5) is 5.96. The van der Waals surface area contributed by atoms with Gasteiger partial charge in [0, 0.05) is 21.1 Å². The van der Waals surface area contributed by atoms with E-state index < -0.39 is 0 Å². The lowest BCUT2D eigenvalue weighted by molar-refractivity contribution is 0.240. The van der Waals surface area contributed by atoms with Crippen LogP contribution < -0.4 is 9.64 Å². The van der Waals surface area contributed by atoms with Gasteiger partial charge in [-0.15, -0.1) is 0 Å². The van der Waals surface area contributed by atoms with Crippen LogP contribution in [0.25, 0.3) is 0 Å². The highest BCUT2D eigenvalue weighted by molar-refractivity contribution is 5.31. The van der Waals surface area contributed by atoms with Crippen LogP contribution in [0.1, 0.15) is 17.3 Å². The van der Waals surface area contributed by atoms with E-state index in [1.807, 2.05) is 35.0 Å². The molecule has 0 aromatic carbocycles. The molecule has 7 nitrogen and oxygen atoms in total. The van der Waals surface area contributed by atoms with E-state index in [0.717, 1.165) is 17.1 Å². The quantitative estimate of drug-likeness (QED) is 0.809. The molecule has 0 aliphatic carbocycles. The zero-order valence-corrected chi connectivity index (χ0v) is 11.3. The van der Waals surface area contributed by atoms with Crippen LogP contribution in [0.2, 0.25) is 0 Å². The molecule has 0 saturated carbocycles. The summed E-state index contributed by atoms with van der Waals surface area (Å²) < 4.78 is 12.5. The minimum Gasteiger partial charge on any atom is -0.480 e. The molecule has 2 aromatic rings. The number of anilines is 1. The topological polar surface area (TPSA) is 69.2 Å². The molecule has 0 N–H and O–H groups in total. The van der Waals surface area contributed by atoms with Crippen molar-refractivity contribution in [3.63, 3.8) is 0 Å². The molecule has 0 spiro atoms. The van der Waals surface area contributed by atoms with Gasteiger partial charge in [-0.05, 0) is 19.0 Å². The smallest absolute Gasteiger partial charge is 0.266 e. The van der Waals surface area contributed by atoms with E-state index in [4.69, 9.17) is 9.26 Å². The summed E-state index contributed by atoms with van der Waals surface area (Å²) in [7, 11) is 5.59. The molecular formula is C11H17N5O2. The summed E-state index contributed by atoms with van der Waals surface area (Å²) in [5, 5.41) is 8.09. The van der Waals surface area contributed by atoms with Gasteiger partial charge in [0.1, 0.15) is 5.69 Å². The fourth-order valence-corrected chi connectivity index (χ4v) is 1.58. The van der Waals surface area contributed by atoms with E-state index in [-0.39, 0.29) is 6.61 Å². The van der Waals surface area contributed by atoms with Crippen LogP contribution in [-0.2, 0) is 13.7 Å². The lowest BCUT2D eigenvalue weighted by Crippen LogP contribution is -2.10.